The van der Waals surface area contributed by atoms with Crippen molar-refractivity contribution in [2.45, 2.75) is 65.4 Å². The molecule has 0 spiro atoms. The lowest BCUT2D eigenvalue weighted by Gasteiger charge is -2.46. The van der Waals surface area contributed by atoms with Crippen LogP contribution in [0.25, 0.3) is 0 Å². The van der Waals surface area contributed by atoms with Crippen molar-refractivity contribution in [1.29, 1.82) is 0 Å². The number of alkyl halides is 23. The van der Waals surface area contributed by atoms with E-state index in [0.717, 1.165) is 0 Å². The predicted molar refractivity (Wildman–Crippen MR) is 72.4 cm³/mol. The number of halogens is 25. The maximum absolute atomic E-state index is 14.5. The molecule has 0 aromatic heterocycles. The fraction of sp³-hybridized carbons (Fsp3) is 0.786. The monoisotopic (exact) mass is 676 g/mol. The zero-order chi connectivity index (χ0) is 34.2. The molecule has 0 radical (unpaired) electrons. The Morgan fingerprint density at radius 1 is 0.366 bits per heavy atom. The van der Waals surface area contributed by atoms with Gasteiger partial charge in [0.25, 0.3) is 11.7 Å². The maximum atomic E-state index is 14.5. The van der Waals surface area contributed by atoms with E-state index in [0.29, 0.717) is 0 Å². The van der Waals surface area contributed by atoms with E-state index in [1.54, 1.807) is 0 Å². The fourth-order valence-electron chi connectivity index (χ4n) is 2.45. The van der Waals surface area contributed by atoms with Crippen LogP contribution in [-0.4, -0.2) is 76.5 Å². The normalized spacial score (nSPS) is 17.3. The van der Waals surface area contributed by atoms with Crippen LogP contribution in [0.5, 0.6) is 0 Å². The molecule has 1 atom stereocenters. The highest BCUT2D eigenvalue weighted by atomic mass is 19.4. The second-order valence-electron chi connectivity index (χ2n) is 7.19. The first kappa shape index (κ1) is 38.5. The molecule has 0 aliphatic carbocycles. The smallest absolute Gasteiger partial charge is 0.460 e. The van der Waals surface area contributed by atoms with Crippen LogP contribution < -0.4 is 0 Å². The first-order valence-corrected chi connectivity index (χ1v) is 8.40. The van der Waals surface area contributed by atoms with Gasteiger partial charge in [0.15, 0.2) is 5.57 Å². The number of aliphatic carboxylic acids is 1. The van der Waals surface area contributed by atoms with E-state index < -0.39 is 83.0 Å². The number of carboxylic acids is 1. The number of carboxylic acid groups (broad SMARTS) is 1. The third kappa shape index (κ3) is 4.58. The molecule has 1 N–H and O–H groups in total. The van der Waals surface area contributed by atoms with Gasteiger partial charge < -0.3 is 5.11 Å². The maximum Gasteiger partial charge on any atom is 0.460 e. The van der Waals surface area contributed by atoms with Gasteiger partial charge >= 0.3 is 65.7 Å². The van der Waals surface area contributed by atoms with Gasteiger partial charge in [-0.25, -0.2) is 9.18 Å². The van der Waals surface area contributed by atoms with Gasteiger partial charge in [-0.15, -0.1) is 0 Å². The molecule has 0 aromatic rings. The van der Waals surface area contributed by atoms with Crippen LogP contribution in [0.3, 0.4) is 0 Å². The molecule has 2 nitrogen and oxygen atoms in total. The van der Waals surface area contributed by atoms with Gasteiger partial charge in [-0.3, -0.25) is 0 Å². The highest BCUT2D eigenvalue weighted by Crippen LogP contribution is 2.68. The number of hydrogen-bond donors (Lipinski definition) is 1. The van der Waals surface area contributed by atoms with Gasteiger partial charge in [-0.1, -0.05) is 0 Å². The average Bonchev–Trinajstić information content (AvgIpc) is 2.70. The molecule has 0 saturated heterocycles. The van der Waals surface area contributed by atoms with Crippen molar-refractivity contribution in [2.24, 2.45) is 0 Å². The van der Waals surface area contributed by atoms with Gasteiger partial charge in [-0.2, -0.15) is 105 Å². The second-order valence-corrected chi connectivity index (χ2v) is 7.19. The molecule has 41 heavy (non-hydrogen) atoms. The molecular formula is C14HF25O2. The Morgan fingerprint density at radius 3 is 0.780 bits per heavy atom. The lowest BCUT2D eigenvalue weighted by atomic mass is 9.76. The molecule has 1 unspecified atom stereocenters. The summed E-state index contributed by atoms with van der Waals surface area (Å²) >= 11 is 0. The Kier molecular flexibility index (Phi) is 8.90. The summed E-state index contributed by atoms with van der Waals surface area (Å²) in [5.74, 6) is -79.5. The summed E-state index contributed by atoms with van der Waals surface area (Å²) in [5, 5.41) is 8.10. The lowest BCUT2D eigenvalue weighted by Crippen LogP contribution is -2.78. The third-order valence-electron chi connectivity index (χ3n) is 4.69. The fourth-order valence-corrected chi connectivity index (χ4v) is 2.45. The van der Waals surface area contributed by atoms with E-state index >= 15 is 0 Å². The average molecular weight is 676 g/mol. The summed E-state index contributed by atoms with van der Waals surface area (Å²) in [6, 6.07) is 0. The molecule has 0 fully saturated rings. The molecule has 0 heterocycles. The highest BCUT2D eigenvalue weighted by Gasteiger charge is 2.99. The largest absolute Gasteiger partial charge is 0.478 e. The van der Waals surface area contributed by atoms with Gasteiger partial charge in [-0.05, 0) is 0 Å². The molecule has 0 rings (SSSR count). The standard InChI is InChI=1S/C14HF25O2/c15-2(16)1(3(40)41)4(17,6(20,21)13(34,35)36)5(18,19)7(22,23)8(24,25)9(26,27)10(28,29)11(30,31)12(32,33)14(37,38)39/h(H,40,41). The summed E-state index contributed by atoms with van der Waals surface area (Å²) in [7, 11) is 0. The van der Waals surface area contributed by atoms with Crippen molar-refractivity contribution in [3.05, 3.63) is 11.7 Å². The zero-order valence-corrected chi connectivity index (χ0v) is 17.3. The van der Waals surface area contributed by atoms with E-state index in [9.17, 15) is 115 Å². The number of rotatable bonds is 10. The van der Waals surface area contributed by atoms with Gasteiger partial charge in [0, 0.05) is 0 Å². The van der Waals surface area contributed by atoms with Crippen molar-refractivity contribution in [2.75, 3.05) is 0 Å². The van der Waals surface area contributed by atoms with Crippen LogP contribution in [0.15, 0.2) is 11.7 Å². The Bertz CT molecular complexity index is 1040. The molecule has 0 aromatic carbocycles. The van der Waals surface area contributed by atoms with Crippen molar-refractivity contribution >= 4 is 5.97 Å². The van der Waals surface area contributed by atoms with Crippen LogP contribution >= 0.6 is 0 Å². The quantitative estimate of drug-likeness (QED) is 0.188. The molecule has 0 aliphatic rings. The summed E-state index contributed by atoms with van der Waals surface area (Å²) in [5.41, 5.74) is -14.3. The molecule has 0 amide bonds. The summed E-state index contributed by atoms with van der Waals surface area (Å²) < 4.78 is 329. The highest BCUT2D eigenvalue weighted by molar-refractivity contribution is 5.90. The van der Waals surface area contributed by atoms with Crippen molar-refractivity contribution in [3.8, 4) is 0 Å². The van der Waals surface area contributed by atoms with Gasteiger partial charge in [0.05, 0.1) is 0 Å². The lowest BCUT2D eigenvalue weighted by molar-refractivity contribution is -0.470. The van der Waals surface area contributed by atoms with Crippen LogP contribution in [0.2, 0.25) is 0 Å². The minimum Gasteiger partial charge on any atom is -0.478 e. The van der Waals surface area contributed by atoms with Crippen LogP contribution in [0, 0.1) is 0 Å². The Labute approximate surface area is 204 Å². The minimum atomic E-state index is -9.73. The number of carbonyl (C=O) groups is 1. The molecule has 0 saturated carbocycles. The van der Waals surface area contributed by atoms with Crippen LogP contribution in [-0.2, 0) is 4.79 Å². The molecule has 0 aliphatic heterocycles. The van der Waals surface area contributed by atoms with Gasteiger partial charge in [0.1, 0.15) is 0 Å². The first-order chi connectivity index (χ1) is 17.3. The zero-order valence-electron chi connectivity index (χ0n) is 17.3. The van der Waals surface area contributed by atoms with Crippen molar-refractivity contribution in [3.63, 3.8) is 0 Å². The van der Waals surface area contributed by atoms with Crippen LogP contribution in [0.1, 0.15) is 0 Å². The molecular weight excluding hydrogens is 675 g/mol. The predicted octanol–water partition coefficient (Wildman–Crippen LogP) is 8.14. The van der Waals surface area contributed by atoms with E-state index in [1.807, 2.05) is 0 Å². The van der Waals surface area contributed by atoms with E-state index in [1.165, 1.54) is 0 Å². The third-order valence-corrected chi connectivity index (χ3v) is 4.69. The number of hydrogen-bond acceptors (Lipinski definition) is 1. The second kappa shape index (κ2) is 9.48. The van der Waals surface area contributed by atoms with Crippen molar-refractivity contribution < 1.29 is 120 Å². The summed E-state index contributed by atoms with van der Waals surface area (Å²) in [6.45, 7) is 0. The van der Waals surface area contributed by atoms with E-state index in [4.69, 9.17) is 5.11 Å². The Balaban J connectivity index is 7.96. The topological polar surface area (TPSA) is 37.3 Å². The SMILES string of the molecule is O=C(O)C(=C(F)F)C(F)(C(F)(F)C(F)(F)F)C(F)(F)C(F)(F)C(F)(F)C(F)(F)C(F)(F)C(F)(F)C(F)(F)C(F)(F)F. The molecule has 0 bridgehead atoms. The summed E-state index contributed by atoms with van der Waals surface area (Å²) in [6.07, 6.45) is -21.8. The van der Waals surface area contributed by atoms with E-state index in [-0.39, 0.29) is 0 Å². The van der Waals surface area contributed by atoms with Crippen LogP contribution in [0.4, 0.5) is 110 Å². The minimum absolute atomic E-state index is 4.64. The Morgan fingerprint density at radius 2 is 0.585 bits per heavy atom. The Hall–Kier alpha value is -2.54. The van der Waals surface area contributed by atoms with Gasteiger partial charge in [0.2, 0.25) is 0 Å². The molecule has 244 valence electrons. The summed E-state index contributed by atoms with van der Waals surface area (Å²) in [4.78, 5) is 10.5. The first-order valence-electron chi connectivity index (χ1n) is 8.40. The van der Waals surface area contributed by atoms with Crippen molar-refractivity contribution in [1.82, 2.24) is 0 Å². The molecule has 27 heteroatoms. The van der Waals surface area contributed by atoms with E-state index in [2.05, 4.69) is 0 Å².